The van der Waals surface area contributed by atoms with Gasteiger partial charge in [0.2, 0.25) is 5.91 Å². The molecular weight excluding hydrogens is 387 g/mol. The fourth-order valence-corrected chi connectivity index (χ4v) is 3.08. The summed E-state index contributed by atoms with van der Waals surface area (Å²) >= 11 is 13.2. The molecule has 0 unspecified atom stereocenters. The zero-order valence-electron chi connectivity index (χ0n) is 13.1. The maximum atomic E-state index is 12.1. The molecule has 0 radical (unpaired) electrons. The number of methoxy groups -OCH3 is 1. The van der Waals surface area contributed by atoms with E-state index in [9.17, 15) is 14.9 Å². The Morgan fingerprint density at radius 1 is 1.24 bits per heavy atom. The number of benzene rings is 2. The molecule has 9 heteroatoms. The number of nitrogens with zero attached hydrogens (tertiary/aromatic N) is 1. The monoisotopic (exact) mass is 400 g/mol. The first-order valence-corrected chi connectivity index (χ1v) is 8.95. The second-order valence-electron chi connectivity index (χ2n) is 4.93. The molecule has 2 aromatic carbocycles. The molecule has 2 rings (SSSR count). The highest BCUT2D eigenvalue weighted by atomic mass is 35.5. The van der Waals surface area contributed by atoms with E-state index in [-0.39, 0.29) is 23.0 Å². The van der Waals surface area contributed by atoms with E-state index >= 15 is 0 Å². The third-order valence-corrected chi connectivity index (χ3v) is 4.90. The van der Waals surface area contributed by atoms with Crippen LogP contribution in [0.25, 0.3) is 0 Å². The summed E-state index contributed by atoms with van der Waals surface area (Å²) < 4.78 is 5.11. The number of halogens is 2. The van der Waals surface area contributed by atoms with Crippen molar-refractivity contribution in [3.63, 3.8) is 0 Å². The first-order chi connectivity index (χ1) is 11.9. The molecule has 25 heavy (non-hydrogen) atoms. The number of nitro groups is 1. The highest BCUT2D eigenvalue weighted by molar-refractivity contribution is 7.99. The Bertz CT molecular complexity index is 802. The summed E-state index contributed by atoms with van der Waals surface area (Å²) in [7, 11) is 1.43. The van der Waals surface area contributed by atoms with Gasteiger partial charge in [0, 0.05) is 17.9 Å². The number of thioether (sulfide) groups is 1. The number of ether oxygens (including phenoxy) is 1. The van der Waals surface area contributed by atoms with E-state index in [1.54, 1.807) is 12.1 Å². The van der Waals surface area contributed by atoms with Crippen LogP contribution >= 0.6 is 35.0 Å². The molecule has 0 aromatic heterocycles. The molecule has 0 fully saturated rings. The summed E-state index contributed by atoms with van der Waals surface area (Å²) in [6, 6.07) is 9.30. The molecule has 6 nitrogen and oxygen atoms in total. The summed E-state index contributed by atoms with van der Waals surface area (Å²) in [6.45, 7) is 0. The van der Waals surface area contributed by atoms with E-state index in [0.717, 1.165) is 5.56 Å². The van der Waals surface area contributed by atoms with Crippen LogP contribution in [0.1, 0.15) is 5.56 Å². The Morgan fingerprint density at radius 3 is 2.64 bits per heavy atom. The van der Waals surface area contributed by atoms with Crippen molar-refractivity contribution in [2.45, 2.75) is 5.75 Å². The number of non-ortho nitro benzene ring substituents is 1. The average Bonchev–Trinajstić information content (AvgIpc) is 2.58. The molecular formula is C16H14Cl2N2O4S. The molecule has 0 saturated heterocycles. The van der Waals surface area contributed by atoms with Crippen LogP contribution < -0.4 is 10.1 Å². The van der Waals surface area contributed by atoms with Crippen LogP contribution in [0, 0.1) is 10.1 Å². The smallest absolute Gasteiger partial charge is 0.271 e. The number of anilines is 1. The zero-order valence-corrected chi connectivity index (χ0v) is 15.5. The molecule has 0 saturated carbocycles. The molecule has 0 spiro atoms. The van der Waals surface area contributed by atoms with Crippen LogP contribution in [-0.4, -0.2) is 23.7 Å². The van der Waals surface area contributed by atoms with Gasteiger partial charge in [0.1, 0.15) is 5.75 Å². The van der Waals surface area contributed by atoms with Crippen molar-refractivity contribution in [1.29, 1.82) is 0 Å². The minimum absolute atomic E-state index is 0.125. The van der Waals surface area contributed by atoms with E-state index in [1.807, 2.05) is 6.07 Å². The van der Waals surface area contributed by atoms with Crippen molar-refractivity contribution in [2.75, 3.05) is 18.2 Å². The number of nitro benzene ring substituents is 1. The van der Waals surface area contributed by atoms with Crippen molar-refractivity contribution < 1.29 is 14.5 Å². The Labute approximate surface area is 158 Å². The molecule has 1 N–H and O–H groups in total. The number of nitrogens with one attached hydrogen (secondary N) is 1. The summed E-state index contributed by atoms with van der Waals surface area (Å²) in [5, 5.41) is 14.4. The van der Waals surface area contributed by atoms with Gasteiger partial charge in [-0.1, -0.05) is 29.3 Å². The topological polar surface area (TPSA) is 81.5 Å². The third-order valence-electron chi connectivity index (χ3n) is 3.15. The van der Waals surface area contributed by atoms with Gasteiger partial charge < -0.3 is 10.1 Å². The second-order valence-corrected chi connectivity index (χ2v) is 6.73. The van der Waals surface area contributed by atoms with Gasteiger partial charge in [0.15, 0.2) is 0 Å². The van der Waals surface area contributed by atoms with Crippen molar-refractivity contribution in [3.05, 3.63) is 62.1 Å². The highest BCUT2D eigenvalue weighted by Gasteiger charge is 2.13. The molecule has 1 amide bonds. The minimum Gasteiger partial charge on any atom is -0.495 e. The molecule has 0 aliphatic rings. The fraction of sp³-hybridized carbons (Fsp3) is 0.188. The first kappa shape index (κ1) is 19.4. The lowest BCUT2D eigenvalue weighted by Gasteiger charge is -2.10. The Hall–Kier alpha value is -1.96. The van der Waals surface area contributed by atoms with Crippen LogP contribution in [0.4, 0.5) is 11.4 Å². The lowest BCUT2D eigenvalue weighted by atomic mass is 10.2. The standard InChI is InChI=1S/C16H14Cl2N2O4S/c1-24-15-5-3-11(20(22)23)7-14(15)19-16(21)9-25-8-10-2-4-12(17)13(18)6-10/h2-7H,8-9H2,1H3,(H,19,21). The van der Waals surface area contributed by atoms with Crippen molar-refractivity contribution >= 4 is 52.2 Å². The van der Waals surface area contributed by atoms with Gasteiger partial charge in [-0.2, -0.15) is 0 Å². The van der Waals surface area contributed by atoms with Crippen LogP contribution in [0.5, 0.6) is 5.75 Å². The quantitative estimate of drug-likeness (QED) is 0.533. The van der Waals surface area contributed by atoms with Gasteiger partial charge in [0.05, 0.1) is 33.5 Å². The molecule has 0 atom stereocenters. The molecule has 0 aliphatic carbocycles. The van der Waals surface area contributed by atoms with Crippen LogP contribution in [0.2, 0.25) is 10.0 Å². The lowest BCUT2D eigenvalue weighted by molar-refractivity contribution is -0.384. The van der Waals surface area contributed by atoms with E-state index in [0.29, 0.717) is 21.5 Å². The SMILES string of the molecule is COc1ccc([N+](=O)[O-])cc1NC(=O)CSCc1ccc(Cl)c(Cl)c1. The number of carbonyl (C=O) groups excluding carboxylic acids is 1. The Morgan fingerprint density at radius 2 is 2.00 bits per heavy atom. The van der Waals surface area contributed by atoms with E-state index in [4.69, 9.17) is 27.9 Å². The van der Waals surface area contributed by atoms with Gasteiger partial charge in [-0.3, -0.25) is 14.9 Å². The summed E-state index contributed by atoms with van der Waals surface area (Å²) in [5.74, 6) is 0.819. The summed E-state index contributed by atoms with van der Waals surface area (Å²) in [4.78, 5) is 22.4. The van der Waals surface area contributed by atoms with Gasteiger partial charge in [-0.25, -0.2) is 0 Å². The van der Waals surface area contributed by atoms with Crippen molar-refractivity contribution in [2.24, 2.45) is 0 Å². The van der Waals surface area contributed by atoms with Crippen molar-refractivity contribution in [1.82, 2.24) is 0 Å². The lowest BCUT2D eigenvalue weighted by Crippen LogP contribution is -2.15. The summed E-state index contributed by atoms with van der Waals surface area (Å²) in [5.41, 5.74) is 1.08. The molecule has 132 valence electrons. The normalized spacial score (nSPS) is 10.4. The molecule has 0 bridgehead atoms. The number of amides is 1. The summed E-state index contributed by atoms with van der Waals surface area (Å²) in [6.07, 6.45) is 0. The number of hydrogen-bond donors (Lipinski definition) is 1. The van der Waals surface area contributed by atoms with Gasteiger partial charge >= 0.3 is 0 Å². The van der Waals surface area contributed by atoms with Crippen molar-refractivity contribution in [3.8, 4) is 5.75 Å². The van der Waals surface area contributed by atoms with Crippen LogP contribution in [0.3, 0.4) is 0 Å². The molecule has 0 aliphatic heterocycles. The first-order valence-electron chi connectivity index (χ1n) is 7.04. The number of rotatable bonds is 7. The van der Waals surface area contributed by atoms with Gasteiger partial charge in [0.25, 0.3) is 5.69 Å². The Kier molecular flexibility index (Phi) is 6.92. The largest absolute Gasteiger partial charge is 0.495 e. The van der Waals surface area contributed by atoms with E-state index in [1.165, 1.54) is 37.1 Å². The zero-order chi connectivity index (χ0) is 18.4. The average molecular weight is 401 g/mol. The van der Waals surface area contributed by atoms with E-state index < -0.39 is 4.92 Å². The maximum Gasteiger partial charge on any atom is 0.271 e. The van der Waals surface area contributed by atoms with Crippen LogP contribution in [0.15, 0.2) is 36.4 Å². The maximum absolute atomic E-state index is 12.1. The minimum atomic E-state index is -0.534. The third kappa shape index (κ3) is 5.52. The Balaban J connectivity index is 1.94. The number of carbonyl (C=O) groups is 1. The fourth-order valence-electron chi connectivity index (χ4n) is 1.98. The van der Waals surface area contributed by atoms with Gasteiger partial charge in [-0.15, -0.1) is 11.8 Å². The predicted octanol–water partition coefficient (Wildman–Crippen LogP) is 4.78. The van der Waals surface area contributed by atoms with Crippen LogP contribution in [-0.2, 0) is 10.5 Å². The molecule has 0 heterocycles. The van der Waals surface area contributed by atoms with Gasteiger partial charge in [-0.05, 0) is 23.8 Å². The number of hydrogen-bond acceptors (Lipinski definition) is 5. The van der Waals surface area contributed by atoms with E-state index in [2.05, 4.69) is 5.32 Å². The highest BCUT2D eigenvalue weighted by Crippen LogP contribution is 2.29. The predicted molar refractivity (Wildman–Crippen MR) is 101 cm³/mol. The second kappa shape index (κ2) is 8.94. The molecule has 2 aromatic rings.